The Morgan fingerprint density at radius 3 is 2.83 bits per heavy atom. The summed E-state index contributed by atoms with van der Waals surface area (Å²) >= 11 is 3.38. The number of benzene rings is 1. The maximum Gasteiger partial charge on any atom is 0.320 e. The van der Waals surface area contributed by atoms with Gasteiger partial charge in [0, 0.05) is 10.9 Å². The van der Waals surface area contributed by atoms with Gasteiger partial charge >= 0.3 is 5.97 Å². The number of nitrogens with two attached hydrogens (primary N) is 1. The largest absolute Gasteiger partial charge is 0.490 e. The maximum atomic E-state index is 10.8. The van der Waals surface area contributed by atoms with Gasteiger partial charge in [-0.15, -0.1) is 0 Å². The first-order chi connectivity index (χ1) is 8.56. The fraction of sp³-hybridized carbons (Fsp3) is 0.462. The first-order valence-corrected chi connectivity index (χ1v) is 6.79. The van der Waals surface area contributed by atoms with E-state index >= 15 is 0 Å². The van der Waals surface area contributed by atoms with Crippen LogP contribution in [-0.4, -0.2) is 23.2 Å². The van der Waals surface area contributed by atoms with Crippen molar-refractivity contribution < 1.29 is 14.6 Å². The zero-order valence-corrected chi connectivity index (χ0v) is 11.5. The Morgan fingerprint density at radius 2 is 2.28 bits per heavy atom. The lowest BCUT2D eigenvalue weighted by Crippen LogP contribution is -2.32. The van der Waals surface area contributed by atoms with E-state index in [0.29, 0.717) is 0 Å². The van der Waals surface area contributed by atoms with Crippen molar-refractivity contribution in [2.75, 3.05) is 0 Å². The summed E-state index contributed by atoms with van der Waals surface area (Å²) < 4.78 is 6.75. The standard InChI is InChI=1S/C13H16BrNO3/c14-9-4-5-12(18-10-2-1-3-10)8(6-9)7-11(15)13(16)17/h4-6,10-11H,1-3,7,15H2,(H,16,17). The van der Waals surface area contributed by atoms with Crippen molar-refractivity contribution in [1.29, 1.82) is 0 Å². The number of hydrogen-bond acceptors (Lipinski definition) is 3. The van der Waals surface area contributed by atoms with Crippen LogP contribution in [-0.2, 0) is 11.2 Å². The summed E-state index contributed by atoms with van der Waals surface area (Å²) in [6.07, 6.45) is 3.88. The molecule has 1 fully saturated rings. The minimum Gasteiger partial charge on any atom is -0.490 e. The SMILES string of the molecule is NC(Cc1cc(Br)ccc1OC1CCC1)C(=O)O. The Hall–Kier alpha value is -1.07. The topological polar surface area (TPSA) is 72.5 Å². The molecule has 0 bridgehead atoms. The third kappa shape index (κ3) is 3.23. The molecule has 0 saturated heterocycles. The van der Waals surface area contributed by atoms with Crippen LogP contribution in [0.2, 0.25) is 0 Å². The molecule has 1 aliphatic rings. The zero-order valence-electron chi connectivity index (χ0n) is 9.93. The lowest BCUT2D eigenvalue weighted by Gasteiger charge is -2.27. The molecule has 0 aromatic heterocycles. The van der Waals surface area contributed by atoms with Crippen molar-refractivity contribution in [3.63, 3.8) is 0 Å². The molecule has 3 N–H and O–H groups in total. The third-order valence-corrected chi connectivity index (χ3v) is 3.62. The zero-order chi connectivity index (χ0) is 13.1. The average Bonchev–Trinajstić information content (AvgIpc) is 2.25. The average molecular weight is 314 g/mol. The Bertz CT molecular complexity index is 446. The molecule has 0 aliphatic heterocycles. The maximum absolute atomic E-state index is 10.8. The van der Waals surface area contributed by atoms with Crippen LogP contribution in [0.3, 0.4) is 0 Å². The van der Waals surface area contributed by atoms with Gasteiger partial charge in [-0.1, -0.05) is 15.9 Å². The molecular weight excluding hydrogens is 298 g/mol. The van der Waals surface area contributed by atoms with E-state index in [9.17, 15) is 4.79 Å². The van der Waals surface area contributed by atoms with Gasteiger partial charge in [0.15, 0.2) is 0 Å². The van der Waals surface area contributed by atoms with Gasteiger partial charge in [-0.2, -0.15) is 0 Å². The quantitative estimate of drug-likeness (QED) is 0.875. The molecule has 98 valence electrons. The molecule has 1 aromatic rings. The van der Waals surface area contributed by atoms with Crippen LogP contribution in [0, 0.1) is 0 Å². The molecule has 18 heavy (non-hydrogen) atoms. The minimum absolute atomic E-state index is 0.269. The lowest BCUT2D eigenvalue weighted by atomic mass is 9.96. The molecule has 1 aromatic carbocycles. The fourth-order valence-corrected chi connectivity index (χ4v) is 2.22. The number of carboxylic acids is 1. The number of hydrogen-bond donors (Lipinski definition) is 2. The van der Waals surface area contributed by atoms with Gasteiger partial charge in [-0.3, -0.25) is 4.79 Å². The molecule has 0 amide bonds. The summed E-state index contributed by atoms with van der Waals surface area (Å²) in [6, 6.07) is 4.73. The molecule has 4 nitrogen and oxygen atoms in total. The number of ether oxygens (including phenoxy) is 1. The van der Waals surface area contributed by atoms with Crippen molar-refractivity contribution >= 4 is 21.9 Å². The number of carboxylic acid groups (broad SMARTS) is 1. The van der Waals surface area contributed by atoms with Crippen molar-refractivity contribution in [2.45, 2.75) is 37.8 Å². The van der Waals surface area contributed by atoms with Crippen LogP contribution >= 0.6 is 15.9 Å². The summed E-state index contributed by atoms with van der Waals surface area (Å²) in [7, 11) is 0. The van der Waals surface area contributed by atoms with Crippen molar-refractivity contribution in [3.05, 3.63) is 28.2 Å². The molecule has 0 heterocycles. The van der Waals surface area contributed by atoms with Crippen LogP contribution in [0.4, 0.5) is 0 Å². The van der Waals surface area contributed by atoms with E-state index in [1.165, 1.54) is 6.42 Å². The van der Waals surface area contributed by atoms with Gasteiger partial charge in [0.2, 0.25) is 0 Å². The van der Waals surface area contributed by atoms with E-state index < -0.39 is 12.0 Å². The predicted octanol–water partition coefficient (Wildman–Crippen LogP) is 2.33. The Labute approximate surface area is 114 Å². The smallest absolute Gasteiger partial charge is 0.320 e. The molecule has 1 unspecified atom stereocenters. The molecule has 2 rings (SSSR count). The van der Waals surface area contributed by atoms with E-state index in [-0.39, 0.29) is 12.5 Å². The monoisotopic (exact) mass is 313 g/mol. The lowest BCUT2D eigenvalue weighted by molar-refractivity contribution is -0.138. The first-order valence-electron chi connectivity index (χ1n) is 5.99. The second kappa shape index (κ2) is 5.71. The van der Waals surface area contributed by atoms with Gasteiger partial charge in [0.25, 0.3) is 0 Å². The van der Waals surface area contributed by atoms with Crippen LogP contribution in [0.15, 0.2) is 22.7 Å². The van der Waals surface area contributed by atoms with E-state index in [0.717, 1.165) is 28.6 Å². The number of aliphatic carboxylic acids is 1. The van der Waals surface area contributed by atoms with Gasteiger partial charge in [0.05, 0.1) is 6.10 Å². The Kier molecular flexibility index (Phi) is 4.24. The highest BCUT2D eigenvalue weighted by Crippen LogP contribution is 2.30. The number of rotatable bonds is 5. The summed E-state index contributed by atoms with van der Waals surface area (Å²) in [5.41, 5.74) is 6.41. The normalized spacial score (nSPS) is 17.0. The van der Waals surface area contributed by atoms with E-state index in [1.54, 1.807) is 0 Å². The Balaban J connectivity index is 2.14. The summed E-state index contributed by atoms with van der Waals surface area (Å²) in [5.74, 6) is -0.246. The van der Waals surface area contributed by atoms with Crippen molar-refractivity contribution in [2.24, 2.45) is 5.73 Å². The van der Waals surface area contributed by atoms with Gasteiger partial charge < -0.3 is 15.6 Å². The van der Waals surface area contributed by atoms with Gasteiger partial charge in [0.1, 0.15) is 11.8 Å². The highest BCUT2D eigenvalue weighted by Gasteiger charge is 2.22. The number of halogens is 1. The molecular formula is C13H16BrNO3. The molecule has 1 saturated carbocycles. The predicted molar refractivity (Wildman–Crippen MR) is 71.7 cm³/mol. The second-order valence-corrected chi connectivity index (χ2v) is 5.49. The molecule has 0 spiro atoms. The highest BCUT2D eigenvalue weighted by atomic mass is 79.9. The van der Waals surface area contributed by atoms with Gasteiger partial charge in [-0.25, -0.2) is 0 Å². The third-order valence-electron chi connectivity index (χ3n) is 3.13. The van der Waals surface area contributed by atoms with E-state index in [4.69, 9.17) is 15.6 Å². The molecule has 1 aliphatic carbocycles. The second-order valence-electron chi connectivity index (χ2n) is 4.57. The highest BCUT2D eigenvalue weighted by molar-refractivity contribution is 9.10. The van der Waals surface area contributed by atoms with Crippen LogP contribution in [0.25, 0.3) is 0 Å². The molecule has 1 atom stereocenters. The summed E-state index contributed by atoms with van der Waals surface area (Å²) in [5, 5.41) is 8.87. The summed E-state index contributed by atoms with van der Waals surface area (Å²) in [4.78, 5) is 10.8. The van der Waals surface area contributed by atoms with Gasteiger partial charge in [-0.05, 0) is 43.0 Å². The van der Waals surface area contributed by atoms with Crippen LogP contribution in [0.1, 0.15) is 24.8 Å². The molecule has 5 heteroatoms. The van der Waals surface area contributed by atoms with E-state index in [1.807, 2.05) is 18.2 Å². The van der Waals surface area contributed by atoms with Crippen LogP contribution < -0.4 is 10.5 Å². The van der Waals surface area contributed by atoms with Crippen molar-refractivity contribution in [1.82, 2.24) is 0 Å². The summed E-state index contributed by atoms with van der Waals surface area (Å²) in [6.45, 7) is 0. The van der Waals surface area contributed by atoms with E-state index in [2.05, 4.69) is 15.9 Å². The fourth-order valence-electron chi connectivity index (χ4n) is 1.81. The van der Waals surface area contributed by atoms with Crippen LogP contribution in [0.5, 0.6) is 5.75 Å². The minimum atomic E-state index is -0.996. The van der Waals surface area contributed by atoms with Crippen molar-refractivity contribution in [3.8, 4) is 5.75 Å². The first kappa shape index (κ1) is 13.4. The molecule has 0 radical (unpaired) electrons. The number of carbonyl (C=O) groups is 1. The Morgan fingerprint density at radius 1 is 1.56 bits per heavy atom.